The molecule has 1 amide bonds. The van der Waals surface area contributed by atoms with E-state index in [0.29, 0.717) is 56.2 Å². The molecule has 2 atom stereocenters. The van der Waals surface area contributed by atoms with Crippen molar-refractivity contribution in [3.05, 3.63) is 101 Å². The number of carbonyl (C=O) groups is 2. The van der Waals surface area contributed by atoms with Gasteiger partial charge in [-0.3, -0.25) is 14.5 Å². The Bertz CT molecular complexity index is 1460. The standard InChI is InChI=1S/C33H34N2O6/c1-22-18-26-19-25(10-11-28(26)41-22)31(36)29-30(35(33(38)32(29)37)13-12-34-14-16-39-17-15-34)24-8-5-9-27(20-24)40-21-23-6-3-2-4-7-23/h2-11,19-20,22,30,36H,12-18,21H2,1H3/t22-,30+/m1/s1. The molecule has 3 aliphatic rings. The maximum atomic E-state index is 13.5. The third kappa shape index (κ3) is 5.71. The number of aliphatic hydroxyl groups is 1. The number of ketones is 1. The highest BCUT2D eigenvalue weighted by molar-refractivity contribution is 6.46. The Morgan fingerprint density at radius 1 is 0.976 bits per heavy atom. The monoisotopic (exact) mass is 554 g/mol. The Hall–Kier alpha value is -4.14. The van der Waals surface area contributed by atoms with E-state index in [-0.39, 0.29) is 17.4 Å². The van der Waals surface area contributed by atoms with Gasteiger partial charge in [-0.25, -0.2) is 0 Å². The van der Waals surface area contributed by atoms with Crippen LogP contribution in [0.4, 0.5) is 0 Å². The van der Waals surface area contributed by atoms with Crippen LogP contribution in [0.2, 0.25) is 0 Å². The third-order valence-electron chi connectivity index (χ3n) is 7.89. The first-order valence-electron chi connectivity index (χ1n) is 14.1. The third-order valence-corrected chi connectivity index (χ3v) is 7.89. The highest BCUT2D eigenvalue weighted by Crippen LogP contribution is 2.41. The number of carbonyl (C=O) groups excluding carboxylic acids is 2. The van der Waals surface area contributed by atoms with Crippen LogP contribution in [0, 0.1) is 0 Å². The summed E-state index contributed by atoms with van der Waals surface area (Å²) in [6.07, 6.45) is 0.765. The van der Waals surface area contributed by atoms with Crippen molar-refractivity contribution in [3.8, 4) is 11.5 Å². The van der Waals surface area contributed by atoms with Gasteiger partial charge in [0.2, 0.25) is 0 Å². The Morgan fingerprint density at radius 2 is 1.78 bits per heavy atom. The molecule has 0 bridgehead atoms. The van der Waals surface area contributed by atoms with Crippen LogP contribution >= 0.6 is 0 Å². The fourth-order valence-corrected chi connectivity index (χ4v) is 5.77. The number of ether oxygens (including phenoxy) is 3. The van der Waals surface area contributed by atoms with Crippen molar-refractivity contribution in [2.24, 2.45) is 0 Å². The van der Waals surface area contributed by atoms with E-state index < -0.39 is 17.7 Å². The highest BCUT2D eigenvalue weighted by atomic mass is 16.5. The van der Waals surface area contributed by atoms with Gasteiger partial charge < -0.3 is 24.2 Å². The SMILES string of the molecule is C[C@@H]1Cc2cc(C(O)=C3C(=O)C(=O)N(CCN4CCOCC4)[C@H]3c3cccc(OCc4ccccc4)c3)ccc2O1. The van der Waals surface area contributed by atoms with Gasteiger partial charge in [0.05, 0.1) is 24.8 Å². The summed E-state index contributed by atoms with van der Waals surface area (Å²) in [5, 5.41) is 11.6. The van der Waals surface area contributed by atoms with E-state index in [0.717, 1.165) is 30.0 Å². The average Bonchev–Trinajstić information content (AvgIpc) is 3.50. The number of rotatable bonds is 8. The molecule has 6 rings (SSSR count). The summed E-state index contributed by atoms with van der Waals surface area (Å²) in [7, 11) is 0. The van der Waals surface area contributed by atoms with E-state index in [1.807, 2.05) is 73.7 Å². The summed E-state index contributed by atoms with van der Waals surface area (Å²) >= 11 is 0. The van der Waals surface area contributed by atoms with Gasteiger partial charge in [0, 0.05) is 38.2 Å². The summed E-state index contributed by atoms with van der Waals surface area (Å²) in [5.41, 5.74) is 3.29. The van der Waals surface area contributed by atoms with Crippen LogP contribution < -0.4 is 9.47 Å². The molecule has 0 spiro atoms. The molecule has 41 heavy (non-hydrogen) atoms. The molecular weight excluding hydrogens is 520 g/mol. The van der Waals surface area contributed by atoms with Crippen LogP contribution in [-0.2, 0) is 27.4 Å². The topological polar surface area (TPSA) is 88.5 Å². The molecule has 8 heteroatoms. The molecule has 3 aliphatic heterocycles. The first-order chi connectivity index (χ1) is 20.0. The molecule has 212 valence electrons. The number of morpholine rings is 1. The van der Waals surface area contributed by atoms with Crippen LogP contribution in [0.1, 0.15) is 35.2 Å². The summed E-state index contributed by atoms with van der Waals surface area (Å²) in [4.78, 5) is 30.8. The molecular formula is C33H34N2O6. The molecule has 2 fully saturated rings. The van der Waals surface area contributed by atoms with Crippen LogP contribution in [0.3, 0.4) is 0 Å². The van der Waals surface area contributed by atoms with Gasteiger partial charge in [-0.05, 0) is 53.9 Å². The fraction of sp³-hybridized carbons (Fsp3) is 0.333. The molecule has 0 saturated carbocycles. The predicted molar refractivity (Wildman–Crippen MR) is 154 cm³/mol. The number of fused-ring (bicyclic) bond motifs is 1. The summed E-state index contributed by atoms with van der Waals surface area (Å²) in [6, 6.07) is 22.0. The Labute approximate surface area is 239 Å². The Balaban J connectivity index is 1.35. The molecule has 0 unspecified atom stereocenters. The zero-order chi connectivity index (χ0) is 28.3. The van der Waals surface area contributed by atoms with Crippen molar-refractivity contribution in [2.45, 2.75) is 32.1 Å². The van der Waals surface area contributed by atoms with Crippen molar-refractivity contribution in [2.75, 3.05) is 39.4 Å². The first kappa shape index (κ1) is 27.1. The summed E-state index contributed by atoms with van der Waals surface area (Å²) < 4.78 is 17.4. The van der Waals surface area contributed by atoms with Gasteiger partial charge in [-0.15, -0.1) is 0 Å². The number of hydrogen-bond donors (Lipinski definition) is 1. The number of Topliss-reactive ketones (excluding diaryl/α,β-unsaturated/α-hetero) is 1. The number of likely N-dealkylation sites (tertiary alicyclic amines) is 1. The lowest BCUT2D eigenvalue weighted by Crippen LogP contribution is -2.42. The molecule has 1 N–H and O–H groups in total. The molecule has 3 aromatic carbocycles. The van der Waals surface area contributed by atoms with Crippen molar-refractivity contribution < 1.29 is 28.9 Å². The normalized spacial score (nSPS) is 22.0. The molecule has 2 saturated heterocycles. The number of hydrogen-bond acceptors (Lipinski definition) is 7. The smallest absolute Gasteiger partial charge is 0.295 e. The van der Waals surface area contributed by atoms with E-state index in [9.17, 15) is 14.7 Å². The van der Waals surface area contributed by atoms with Gasteiger partial charge in [-0.1, -0.05) is 42.5 Å². The quantitative estimate of drug-likeness (QED) is 0.252. The first-order valence-corrected chi connectivity index (χ1v) is 14.1. The van der Waals surface area contributed by atoms with Gasteiger partial charge in [0.25, 0.3) is 11.7 Å². The van der Waals surface area contributed by atoms with Crippen molar-refractivity contribution in [3.63, 3.8) is 0 Å². The molecule has 0 aliphatic carbocycles. The second-order valence-electron chi connectivity index (χ2n) is 10.7. The minimum Gasteiger partial charge on any atom is -0.507 e. The number of amides is 1. The fourth-order valence-electron chi connectivity index (χ4n) is 5.77. The minimum absolute atomic E-state index is 0.0480. The van der Waals surface area contributed by atoms with Crippen molar-refractivity contribution in [1.82, 2.24) is 9.80 Å². The van der Waals surface area contributed by atoms with E-state index in [1.54, 1.807) is 11.0 Å². The highest BCUT2D eigenvalue weighted by Gasteiger charge is 2.46. The number of benzene rings is 3. The summed E-state index contributed by atoms with van der Waals surface area (Å²) in [6.45, 7) is 6.15. The maximum Gasteiger partial charge on any atom is 0.295 e. The van der Waals surface area contributed by atoms with Gasteiger partial charge in [0.1, 0.15) is 30.0 Å². The zero-order valence-corrected chi connectivity index (χ0v) is 23.1. The minimum atomic E-state index is -0.750. The average molecular weight is 555 g/mol. The number of aliphatic hydroxyl groups excluding tert-OH is 1. The second kappa shape index (κ2) is 11.8. The largest absolute Gasteiger partial charge is 0.507 e. The molecule has 8 nitrogen and oxygen atoms in total. The van der Waals surface area contributed by atoms with Crippen LogP contribution in [-0.4, -0.2) is 72.1 Å². The predicted octanol–water partition coefficient (Wildman–Crippen LogP) is 4.34. The Kier molecular flexibility index (Phi) is 7.76. The molecule has 0 aromatic heterocycles. The molecule has 3 aromatic rings. The lowest BCUT2D eigenvalue weighted by molar-refractivity contribution is -0.140. The van der Waals surface area contributed by atoms with E-state index >= 15 is 0 Å². The van der Waals surface area contributed by atoms with Gasteiger partial charge in [0.15, 0.2) is 0 Å². The van der Waals surface area contributed by atoms with E-state index in [2.05, 4.69) is 4.90 Å². The lowest BCUT2D eigenvalue weighted by Gasteiger charge is -2.31. The second-order valence-corrected chi connectivity index (χ2v) is 10.7. The van der Waals surface area contributed by atoms with Gasteiger partial charge >= 0.3 is 0 Å². The summed E-state index contributed by atoms with van der Waals surface area (Å²) in [5.74, 6) is -0.0810. The van der Waals surface area contributed by atoms with Crippen LogP contribution in [0.15, 0.2) is 78.4 Å². The zero-order valence-electron chi connectivity index (χ0n) is 23.1. The Morgan fingerprint density at radius 3 is 2.59 bits per heavy atom. The van der Waals surface area contributed by atoms with Crippen molar-refractivity contribution in [1.29, 1.82) is 0 Å². The van der Waals surface area contributed by atoms with Gasteiger partial charge in [-0.2, -0.15) is 0 Å². The van der Waals surface area contributed by atoms with E-state index in [1.165, 1.54) is 0 Å². The lowest BCUT2D eigenvalue weighted by atomic mass is 9.94. The van der Waals surface area contributed by atoms with Crippen molar-refractivity contribution >= 4 is 17.4 Å². The van der Waals surface area contributed by atoms with Crippen LogP contribution in [0.25, 0.3) is 5.76 Å². The molecule has 3 heterocycles. The molecule has 0 radical (unpaired) electrons. The number of nitrogens with zero attached hydrogens (tertiary/aromatic N) is 2. The maximum absolute atomic E-state index is 13.5. The van der Waals surface area contributed by atoms with E-state index in [4.69, 9.17) is 14.2 Å². The van der Waals surface area contributed by atoms with Crippen LogP contribution in [0.5, 0.6) is 11.5 Å².